The fourth-order valence-corrected chi connectivity index (χ4v) is 3.62. The molecule has 1 aromatic carbocycles. The van der Waals surface area contributed by atoms with E-state index in [2.05, 4.69) is 22.9 Å². The van der Waals surface area contributed by atoms with Crippen LogP contribution in [0.3, 0.4) is 0 Å². The van der Waals surface area contributed by atoms with Gasteiger partial charge in [-0.3, -0.25) is 9.78 Å². The van der Waals surface area contributed by atoms with Gasteiger partial charge in [-0.05, 0) is 42.7 Å². The lowest BCUT2D eigenvalue weighted by Crippen LogP contribution is -2.65. The van der Waals surface area contributed by atoms with Crippen molar-refractivity contribution in [1.82, 2.24) is 9.88 Å². The number of carbonyl (C=O) groups is 1. The summed E-state index contributed by atoms with van der Waals surface area (Å²) in [5.41, 5.74) is 2.66. The number of pyridine rings is 1. The number of likely N-dealkylation sites (tertiary alicyclic amines) is 1. The summed E-state index contributed by atoms with van der Waals surface area (Å²) < 4.78 is 0. The Bertz CT molecular complexity index is 934. The number of nitriles is 1. The number of amides is 1. The lowest BCUT2D eigenvalue weighted by atomic mass is 9.75. The van der Waals surface area contributed by atoms with Crippen LogP contribution in [0.1, 0.15) is 35.4 Å². The van der Waals surface area contributed by atoms with Crippen molar-refractivity contribution >= 4 is 5.91 Å². The summed E-state index contributed by atoms with van der Waals surface area (Å²) in [5, 5.41) is 19.3. The lowest BCUT2D eigenvalue weighted by molar-refractivity contribution is -0.148. The molecule has 2 fully saturated rings. The van der Waals surface area contributed by atoms with Crippen molar-refractivity contribution in [2.75, 3.05) is 6.61 Å². The molecule has 1 amide bonds. The molecule has 1 saturated carbocycles. The van der Waals surface area contributed by atoms with Gasteiger partial charge in [0.25, 0.3) is 0 Å². The van der Waals surface area contributed by atoms with E-state index in [1.807, 2.05) is 36.4 Å². The minimum absolute atomic E-state index is 0.0100. The Morgan fingerprint density at radius 2 is 1.93 bits per heavy atom. The Morgan fingerprint density at radius 1 is 1.19 bits per heavy atom. The second-order valence-electron chi connectivity index (χ2n) is 6.98. The largest absolute Gasteiger partial charge is 0.394 e. The zero-order chi connectivity index (χ0) is 18.8. The van der Waals surface area contributed by atoms with Crippen molar-refractivity contribution in [3.63, 3.8) is 0 Å². The van der Waals surface area contributed by atoms with Gasteiger partial charge in [0.2, 0.25) is 5.91 Å². The van der Waals surface area contributed by atoms with Crippen molar-refractivity contribution < 1.29 is 9.90 Å². The highest BCUT2D eigenvalue weighted by atomic mass is 16.3. The van der Waals surface area contributed by atoms with Crippen LogP contribution in [-0.4, -0.2) is 39.6 Å². The molecule has 2 heterocycles. The predicted octanol–water partition coefficient (Wildman–Crippen LogP) is 2.07. The van der Waals surface area contributed by atoms with Crippen LogP contribution < -0.4 is 0 Å². The first-order chi connectivity index (χ1) is 13.2. The van der Waals surface area contributed by atoms with Crippen LogP contribution in [0.4, 0.5) is 0 Å². The number of nitrogens with zero attached hydrogens (tertiary/aromatic N) is 3. The van der Waals surface area contributed by atoms with Gasteiger partial charge in [-0.1, -0.05) is 24.0 Å². The van der Waals surface area contributed by atoms with Gasteiger partial charge in [-0.15, -0.1) is 0 Å². The quantitative estimate of drug-likeness (QED) is 0.853. The maximum atomic E-state index is 12.4. The van der Waals surface area contributed by atoms with E-state index in [9.17, 15) is 15.2 Å². The van der Waals surface area contributed by atoms with Gasteiger partial charge in [0.15, 0.2) is 0 Å². The van der Waals surface area contributed by atoms with Gasteiger partial charge in [0.1, 0.15) is 6.04 Å². The number of aliphatic hydroxyl groups is 1. The summed E-state index contributed by atoms with van der Waals surface area (Å²) >= 11 is 0. The highest BCUT2D eigenvalue weighted by Gasteiger charge is 2.53. The zero-order valence-electron chi connectivity index (χ0n) is 14.7. The molecule has 3 atom stereocenters. The van der Waals surface area contributed by atoms with E-state index in [1.54, 1.807) is 17.3 Å². The van der Waals surface area contributed by atoms with E-state index < -0.39 is 6.04 Å². The van der Waals surface area contributed by atoms with Crippen LogP contribution in [0.25, 0.3) is 0 Å². The first kappa shape index (κ1) is 17.3. The number of aliphatic hydroxyl groups excluding tert-OH is 1. The molecule has 0 radical (unpaired) electrons. The second-order valence-corrected chi connectivity index (χ2v) is 6.98. The van der Waals surface area contributed by atoms with Crippen molar-refractivity contribution in [1.29, 1.82) is 5.26 Å². The van der Waals surface area contributed by atoms with Gasteiger partial charge in [-0.25, -0.2) is 0 Å². The summed E-state index contributed by atoms with van der Waals surface area (Å²) in [5.74, 6) is 6.04. The molecule has 1 aliphatic carbocycles. The van der Waals surface area contributed by atoms with Crippen LogP contribution in [0.15, 0.2) is 48.8 Å². The maximum Gasteiger partial charge on any atom is 0.227 e. The molecule has 27 heavy (non-hydrogen) atoms. The SMILES string of the molecule is N#C[C@H]1[C@H](c2ccc(C#Cc3cccnc3)cc2)[C@H](CO)N1C(=O)C1CC1. The Kier molecular flexibility index (Phi) is 4.62. The molecule has 5 nitrogen and oxygen atoms in total. The highest BCUT2D eigenvalue weighted by Crippen LogP contribution is 2.44. The topological polar surface area (TPSA) is 77.2 Å². The van der Waals surface area contributed by atoms with Crippen LogP contribution in [0.5, 0.6) is 0 Å². The maximum absolute atomic E-state index is 12.4. The molecule has 4 rings (SSSR count). The van der Waals surface area contributed by atoms with Gasteiger partial charge < -0.3 is 10.0 Å². The number of rotatable bonds is 3. The molecule has 0 unspecified atom stereocenters. The second kappa shape index (κ2) is 7.23. The third kappa shape index (κ3) is 3.30. The third-order valence-electron chi connectivity index (χ3n) is 5.22. The molecule has 0 bridgehead atoms. The minimum atomic E-state index is -0.512. The molecule has 1 saturated heterocycles. The van der Waals surface area contributed by atoms with Crippen LogP contribution in [0.2, 0.25) is 0 Å². The minimum Gasteiger partial charge on any atom is -0.394 e. The standard InChI is InChI=1S/C22H19N3O2/c23-12-19-21(20(14-26)25(19)22(27)18-9-10-18)17-7-5-15(6-8-17)3-4-16-2-1-11-24-13-16/h1-2,5-8,11,13,18-21,26H,9-10,14H2/t19-,20-,21-/m0/s1. The molecule has 2 aromatic rings. The van der Waals surface area contributed by atoms with Gasteiger partial charge >= 0.3 is 0 Å². The first-order valence-electron chi connectivity index (χ1n) is 9.07. The van der Waals surface area contributed by atoms with Crippen molar-refractivity contribution in [3.8, 4) is 17.9 Å². The molecule has 1 N–H and O–H groups in total. The molecule has 1 aliphatic heterocycles. The van der Waals surface area contributed by atoms with Gasteiger partial charge in [-0.2, -0.15) is 5.26 Å². The summed E-state index contributed by atoms with van der Waals surface area (Å²) in [6.07, 6.45) is 5.20. The highest BCUT2D eigenvalue weighted by molar-refractivity contribution is 5.83. The van der Waals surface area contributed by atoms with E-state index in [0.29, 0.717) is 0 Å². The Balaban J connectivity index is 1.52. The fourth-order valence-electron chi connectivity index (χ4n) is 3.62. The number of hydrogen-bond donors (Lipinski definition) is 1. The van der Waals surface area contributed by atoms with Crippen molar-refractivity contribution in [2.45, 2.75) is 30.8 Å². The summed E-state index contributed by atoms with van der Waals surface area (Å²) in [6.45, 7) is -0.135. The molecule has 2 aliphatic rings. The average Bonchev–Trinajstić information content (AvgIpc) is 3.53. The van der Waals surface area contributed by atoms with E-state index in [4.69, 9.17) is 0 Å². The zero-order valence-corrected chi connectivity index (χ0v) is 14.7. The lowest BCUT2D eigenvalue weighted by Gasteiger charge is -2.51. The molecular weight excluding hydrogens is 338 g/mol. The van der Waals surface area contributed by atoms with E-state index >= 15 is 0 Å². The summed E-state index contributed by atoms with van der Waals surface area (Å²) in [4.78, 5) is 18.0. The Morgan fingerprint density at radius 3 is 2.52 bits per heavy atom. The first-order valence-corrected chi connectivity index (χ1v) is 9.07. The predicted molar refractivity (Wildman–Crippen MR) is 99.2 cm³/mol. The van der Waals surface area contributed by atoms with Crippen molar-refractivity contribution in [2.24, 2.45) is 5.92 Å². The van der Waals surface area contributed by atoms with Crippen LogP contribution in [-0.2, 0) is 4.79 Å². The molecule has 5 heteroatoms. The molecular formula is C22H19N3O2. The monoisotopic (exact) mass is 357 g/mol. The van der Waals surface area contributed by atoms with Crippen LogP contribution >= 0.6 is 0 Å². The number of hydrogen-bond acceptors (Lipinski definition) is 4. The number of carbonyl (C=O) groups excluding carboxylic acids is 1. The van der Waals surface area contributed by atoms with E-state index in [1.165, 1.54) is 0 Å². The van der Waals surface area contributed by atoms with Crippen molar-refractivity contribution in [3.05, 3.63) is 65.5 Å². The van der Waals surface area contributed by atoms with Crippen LogP contribution in [0, 0.1) is 29.1 Å². The third-order valence-corrected chi connectivity index (χ3v) is 5.22. The van der Waals surface area contributed by atoms with E-state index in [-0.39, 0.29) is 30.4 Å². The molecule has 0 spiro atoms. The molecule has 134 valence electrons. The Labute approximate surface area is 158 Å². The number of benzene rings is 1. The van der Waals surface area contributed by atoms with E-state index in [0.717, 1.165) is 29.5 Å². The summed E-state index contributed by atoms with van der Waals surface area (Å²) in [6, 6.07) is 12.8. The summed E-state index contributed by atoms with van der Waals surface area (Å²) in [7, 11) is 0. The average molecular weight is 357 g/mol. The normalized spacial score (nSPS) is 23.6. The van der Waals surface area contributed by atoms with Gasteiger partial charge in [0.05, 0.1) is 18.7 Å². The smallest absolute Gasteiger partial charge is 0.227 e. The van der Waals surface area contributed by atoms with Gasteiger partial charge in [0, 0.05) is 35.4 Å². The Hall–Kier alpha value is -3.15. The molecule has 1 aromatic heterocycles. The fraction of sp³-hybridized carbons (Fsp3) is 0.318. The number of aromatic nitrogens is 1.